The SMILES string of the molecule is CC(C)C.CC(C)C.Cn1c2ccccc2c2ccc3c4ccccc4c4c5cc6ccccc6cc5n(C)c4c3c21. The summed E-state index contributed by atoms with van der Waals surface area (Å²) in [7, 11) is 4.44. The normalized spacial score (nSPS) is 11.8. The van der Waals surface area contributed by atoms with Gasteiger partial charge < -0.3 is 9.13 Å². The summed E-state index contributed by atoms with van der Waals surface area (Å²) in [6, 6.07) is 35.7. The Labute approximate surface area is 249 Å². The molecule has 2 nitrogen and oxygen atoms in total. The maximum Gasteiger partial charge on any atom is 0.0596 e. The molecular formula is C40H42N2. The molecule has 8 aromatic rings. The van der Waals surface area contributed by atoms with E-state index >= 15 is 0 Å². The Kier molecular flexibility index (Phi) is 7.19. The summed E-state index contributed by atoms with van der Waals surface area (Å²) in [5.74, 6) is 1.67. The van der Waals surface area contributed by atoms with Crippen LogP contribution in [0.4, 0.5) is 0 Å². The molecule has 0 fully saturated rings. The first-order valence-corrected chi connectivity index (χ1v) is 15.3. The Balaban J connectivity index is 0.000000355. The second kappa shape index (κ2) is 10.8. The molecule has 0 radical (unpaired) electrons. The fourth-order valence-corrected chi connectivity index (χ4v) is 6.36. The van der Waals surface area contributed by atoms with Crippen LogP contribution in [0.15, 0.2) is 97.1 Å². The molecule has 0 bridgehead atoms. The third kappa shape index (κ3) is 4.50. The molecule has 212 valence electrons. The van der Waals surface area contributed by atoms with Crippen molar-refractivity contribution in [2.75, 3.05) is 0 Å². The first kappa shape index (κ1) is 27.8. The van der Waals surface area contributed by atoms with Crippen molar-refractivity contribution < 1.29 is 0 Å². The van der Waals surface area contributed by atoms with Gasteiger partial charge in [-0.15, -0.1) is 0 Å². The van der Waals surface area contributed by atoms with Crippen LogP contribution in [0.2, 0.25) is 0 Å². The van der Waals surface area contributed by atoms with E-state index in [0.717, 1.165) is 11.8 Å². The van der Waals surface area contributed by atoms with E-state index < -0.39 is 0 Å². The van der Waals surface area contributed by atoms with Gasteiger partial charge >= 0.3 is 0 Å². The van der Waals surface area contributed by atoms with Crippen LogP contribution < -0.4 is 0 Å². The number of aryl methyl sites for hydroxylation is 2. The fourth-order valence-electron chi connectivity index (χ4n) is 6.36. The molecule has 2 heterocycles. The summed E-state index contributed by atoms with van der Waals surface area (Å²) in [4.78, 5) is 0. The molecule has 0 saturated heterocycles. The Bertz CT molecular complexity index is 2230. The summed E-state index contributed by atoms with van der Waals surface area (Å²) in [5, 5.41) is 13.2. The van der Waals surface area contributed by atoms with Gasteiger partial charge in [-0.3, -0.25) is 0 Å². The predicted octanol–water partition coefficient (Wildman–Crippen LogP) is 11.8. The van der Waals surface area contributed by atoms with Crippen LogP contribution in [0.25, 0.3) is 75.9 Å². The first-order valence-electron chi connectivity index (χ1n) is 15.3. The minimum atomic E-state index is 0.833. The number of fused-ring (bicyclic) bond motifs is 13. The molecule has 2 aromatic heterocycles. The average molecular weight is 551 g/mol. The van der Waals surface area contributed by atoms with Crippen LogP contribution in [-0.4, -0.2) is 9.13 Å². The summed E-state index contributed by atoms with van der Waals surface area (Å²) in [6.07, 6.45) is 0. The van der Waals surface area contributed by atoms with Gasteiger partial charge in [0.15, 0.2) is 0 Å². The molecule has 2 heteroatoms. The van der Waals surface area contributed by atoms with Crippen LogP contribution in [0, 0.1) is 11.8 Å². The van der Waals surface area contributed by atoms with Crippen molar-refractivity contribution in [3.05, 3.63) is 97.1 Å². The highest BCUT2D eigenvalue weighted by molar-refractivity contribution is 6.37. The van der Waals surface area contributed by atoms with Crippen molar-refractivity contribution in [3.8, 4) is 0 Å². The lowest BCUT2D eigenvalue weighted by Gasteiger charge is -2.12. The smallest absolute Gasteiger partial charge is 0.0596 e. The lowest BCUT2D eigenvalue weighted by atomic mass is 9.94. The van der Waals surface area contributed by atoms with Gasteiger partial charge in [-0.2, -0.15) is 0 Å². The van der Waals surface area contributed by atoms with Crippen LogP contribution in [0.3, 0.4) is 0 Å². The molecule has 0 spiro atoms. The van der Waals surface area contributed by atoms with E-state index in [2.05, 4.69) is 162 Å². The summed E-state index contributed by atoms with van der Waals surface area (Å²) in [5.41, 5.74) is 5.18. The largest absolute Gasteiger partial charge is 0.343 e. The number of aromatic nitrogens is 2. The number of para-hydroxylation sites is 1. The van der Waals surface area contributed by atoms with Gasteiger partial charge in [-0.25, -0.2) is 0 Å². The fraction of sp³-hybridized carbons (Fsp3) is 0.250. The number of benzene rings is 6. The van der Waals surface area contributed by atoms with E-state index in [1.807, 2.05) is 0 Å². The van der Waals surface area contributed by atoms with E-state index in [1.165, 1.54) is 75.9 Å². The molecule has 0 aliphatic heterocycles. The quantitative estimate of drug-likeness (QED) is 0.166. The van der Waals surface area contributed by atoms with Crippen LogP contribution in [-0.2, 0) is 14.1 Å². The second-order valence-electron chi connectivity index (χ2n) is 13.0. The molecule has 0 saturated carbocycles. The molecule has 0 aliphatic carbocycles. The third-order valence-corrected chi connectivity index (χ3v) is 7.86. The van der Waals surface area contributed by atoms with Crippen molar-refractivity contribution in [1.82, 2.24) is 9.13 Å². The van der Waals surface area contributed by atoms with E-state index in [-0.39, 0.29) is 0 Å². The van der Waals surface area contributed by atoms with Crippen LogP contribution >= 0.6 is 0 Å². The average Bonchev–Trinajstić information content (AvgIpc) is 3.42. The monoisotopic (exact) mass is 550 g/mol. The van der Waals surface area contributed by atoms with Crippen molar-refractivity contribution in [2.24, 2.45) is 25.9 Å². The van der Waals surface area contributed by atoms with Crippen molar-refractivity contribution >= 4 is 75.9 Å². The molecule has 0 aliphatic rings. The van der Waals surface area contributed by atoms with Gasteiger partial charge in [0.25, 0.3) is 0 Å². The van der Waals surface area contributed by atoms with E-state index in [1.54, 1.807) is 0 Å². The highest BCUT2D eigenvalue weighted by Gasteiger charge is 2.20. The molecule has 0 amide bonds. The summed E-state index contributed by atoms with van der Waals surface area (Å²) >= 11 is 0. The number of rotatable bonds is 0. The van der Waals surface area contributed by atoms with Crippen molar-refractivity contribution in [1.29, 1.82) is 0 Å². The van der Waals surface area contributed by atoms with E-state index in [4.69, 9.17) is 0 Å². The Morgan fingerprint density at radius 3 is 1.55 bits per heavy atom. The summed E-state index contributed by atoms with van der Waals surface area (Å²) in [6.45, 7) is 13.0. The minimum Gasteiger partial charge on any atom is -0.343 e. The Morgan fingerprint density at radius 2 is 0.881 bits per heavy atom. The molecule has 0 atom stereocenters. The van der Waals surface area contributed by atoms with Gasteiger partial charge in [-0.1, -0.05) is 120 Å². The van der Waals surface area contributed by atoms with Crippen LogP contribution in [0.5, 0.6) is 0 Å². The first-order chi connectivity index (χ1) is 20.2. The van der Waals surface area contributed by atoms with Gasteiger partial charge in [0.1, 0.15) is 0 Å². The number of hydrogen-bond acceptors (Lipinski definition) is 0. The molecular weight excluding hydrogens is 508 g/mol. The standard InChI is InChI=1S/C32H22N2.2C4H10/c1-33-27-14-8-7-12-22(27)25-16-15-24-21-11-5-6-13-23(21)29-26-17-19-9-3-4-10-20(19)18-28(26)34(2)32(29)30(24)31(25)33;2*1-4(2)3/h3-18H,1-2H3;2*4H,1-3H3. The second-order valence-corrected chi connectivity index (χ2v) is 13.0. The van der Waals surface area contributed by atoms with Crippen LogP contribution in [0.1, 0.15) is 41.5 Å². The zero-order chi connectivity index (χ0) is 29.7. The molecule has 6 aromatic carbocycles. The predicted molar refractivity (Wildman–Crippen MR) is 188 cm³/mol. The molecule has 0 unspecified atom stereocenters. The maximum absolute atomic E-state index is 2.42. The number of nitrogens with zero attached hydrogens (tertiary/aromatic N) is 2. The van der Waals surface area contributed by atoms with Gasteiger partial charge in [0.2, 0.25) is 0 Å². The van der Waals surface area contributed by atoms with Crippen molar-refractivity contribution in [3.63, 3.8) is 0 Å². The Hall–Kier alpha value is -4.30. The maximum atomic E-state index is 2.42. The van der Waals surface area contributed by atoms with Gasteiger partial charge in [0, 0.05) is 52.1 Å². The highest BCUT2D eigenvalue weighted by Crippen LogP contribution is 2.45. The van der Waals surface area contributed by atoms with E-state index in [9.17, 15) is 0 Å². The highest BCUT2D eigenvalue weighted by atomic mass is 15.0. The lowest BCUT2D eigenvalue weighted by Crippen LogP contribution is -1.93. The van der Waals surface area contributed by atoms with Gasteiger partial charge in [0.05, 0.1) is 11.0 Å². The number of hydrogen-bond donors (Lipinski definition) is 0. The molecule has 0 N–H and O–H groups in total. The zero-order valence-electron chi connectivity index (χ0n) is 26.3. The van der Waals surface area contributed by atoms with Gasteiger partial charge in [-0.05, 0) is 57.0 Å². The molecule has 42 heavy (non-hydrogen) atoms. The van der Waals surface area contributed by atoms with E-state index in [0.29, 0.717) is 0 Å². The Morgan fingerprint density at radius 1 is 0.405 bits per heavy atom. The lowest BCUT2D eigenvalue weighted by molar-refractivity contribution is 0.736. The van der Waals surface area contributed by atoms with Crippen molar-refractivity contribution in [2.45, 2.75) is 41.5 Å². The minimum absolute atomic E-state index is 0.833. The molecule has 8 rings (SSSR count). The topological polar surface area (TPSA) is 9.86 Å². The zero-order valence-corrected chi connectivity index (χ0v) is 26.3. The summed E-state index contributed by atoms with van der Waals surface area (Å²) < 4.78 is 4.80. The third-order valence-electron chi connectivity index (χ3n) is 7.86.